The summed E-state index contributed by atoms with van der Waals surface area (Å²) in [5, 5.41) is 0. The topological polar surface area (TPSA) is 0 Å². The molecule has 0 aliphatic carbocycles. The molecule has 3 aromatic rings. The fraction of sp³-hybridized carbons (Fsp3) is 0.385. The van der Waals surface area contributed by atoms with Crippen LogP contribution in [0.2, 0.25) is 0 Å². The first-order chi connectivity index (χ1) is 13.3. The second-order valence-electron chi connectivity index (χ2n) is 7.47. The first kappa shape index (κ1) is 19.9. The molecule has 27 heavy (non-hydrogen) atoms. The van der Waals surface area contributed by atoms with Crippen molar-refractivity contribution in [1.29, 1.82) is 0 Å². The number of benzene rings is 2. The Morgan fingerprint density at radius 1 is 0.519 bits per heavy atom. The molecule has 2 aromatic carbocycles. The molecule has 0 fully saturated rings. The van der Waals surface area contributed by atoms with Gasteiger partial charge in [0, 0.05) is 9.75 Å². The van der Waals surface area contributed by atoms with Gasteiger partial charge in [0.2, 0.25) is 0 Å². The Morgan fingerprint density at radius 2 is 0.926 bits per heavy atom. The van der Waals surface area contributed by atoms with Crippen LogP contribution in [0.5, 0.6) is 0 Å². The van der Waals surface area contributed by atoms with Crippen molar-refractivity contribution in [2.45, 2.75) is 65.2 Å². The number of rotatable bonds is 10. The first-order valence-electron chi connectivity index (χ1n) is 10.6. The molecule has 0 aliphatic rings. The molecule has 0 spiro atoms. The van der Waals surface area contributed by atoms with E-state index in [-0.39, 0.29) is 0 Å². The van der Waals surface area contributed by atoms with E-state index in [1.165, 1.54) is 83.4 Å². The summed E-state index contributed by atoms with van der Waals surface area (Å²) >= 11 is 1.89. The molecule has 142 valence electrons. The van der Waals surface area contributed by atoms with Crippen molar-refractivity contribution in [2.24, 2.45) is 0 Å². The van der Waals surface area contributed by atoms with Crippen LogP contribution in [0.3, 0.4) is 0 Å². The van der Waals surface area contributed by atoms with Crippen LogP contribution in [-0.2, 0) is 12.8 Å². The van der Waals surface area contributed by atoms with Crippen LogP contribution < -0.4 is 0 Å². The molecular weight excluding hydrogens is 344 g/mol. The van der Waals surface area contributed by atoms with Gasteiger partial charge in [-0.2, -0.15) is 0 Å². The van der Waals surface area contributed by atoms with Gasteiger partial charge in [0.15, 0.2) is 0 Å². The SMILES string of the molecule is CCCCCc1ccc(-c2ccc(-c3ccc(CCCCC)cc3)s2)cc1. The largest absolute Gasteiger partial charge is 0.135 e. The Morgan fingerprint density at radius 3 is 1.30 bits per heavy atom. The summed E-state index contributed by atoms with van der Waals surface area (Å²) in [5.41, 5.74) is 5.59. The van der Waals surface area contributed by atoms with Crippen molar-refractivity contribution in [3.05, 3.63) is 71.8 Å². The molecule has 0 atom stereocenters. The maximum atomic E-state index is 2.30. The molecule has 0 unspecified atom stereocenters. The molecule has 3 rings (SSSR count). The maximum absolute atomic E-state index is 2.30. The number of aryl methyl sites for hydroxylation is 2. The Hall–Kier alpha value is -1.86. The van der Waals surface area contributed by atoms with E-state index in [0.29, 0.717) is 0 Å². The zero-order valence-electron chi connectivity index (χ0n) is 16.8. The molecule has 0 saturated carbocycles. The van der Waals surface area contributed by atoms with Crippen molar-refractivity contribution < 1.29 is 0 Å². The molecule has 0 saturated heterocycles. The van der Waals surface area contributed by atoms with Gasteiger partial charge in [0.05, 0.1) is 0 Å². The Bertz CT molecular complexity index is 725. The van der Waals surface area contributed by atoms with Crippen molar-refractivity contribution in [3.8, 4) is 20.9 Å². The summed E-state index contributed by atoms with van der Waals surface area (Å²) in [4.78, 5) is 2.72. The van der Waals surface area contributed by atoms with Crippen LogP contribution in [-0.4, -0.2) is 0 Å². The van der Waals surface area contributed by atoms with Gasteiger partial charge in [0.1, 0.15) is 0 Å². The van der Waals surface area contributed by atoms with E-state index in [1.54, 1.807) is 0 Å². The summed E-state index contributed by atoms with van der Waals surface area (Å²) in [6.07, 6.45) is 10.2. The fourth-order valence-corrected chi connectivity index (χ4v) is 4.49. The predicted molar refractivity (Wildman–Crippen MR) is 122 cm³/mol. The Balaban J connectivity index is 1.64. The van der Waals surface area contributed by atoms with Gasteiger partial charge < -0.3 is 0 Å². The Labute approximate surface area is 169 Å². The summed E-state index contributed by atoms with van der Waals surface area (Å²) in [6, 6.07) is 22.9. The predicted octanol–water partition coefficient (Wildman–Crippen LogP) is 8.55. The highest BCUT2D eigenvalue weighted by Crippen LogP contribution is 2.34. The number of unbranched alkanes of at least 4 members (excludes halogenated alkanes) is 4. The lowest BCUT2D eigenvalue weighted by Crippen LogP contribution is -1.85. The highest BCUT2D eigenvalue weighted by atomic mass is 32.1. The van der Waals surface area contributed by atoms with E-state index >= 15 is 0 Å². The molecular formula is C26H32S. The minimum absolute atomic E-state index is 1.20. The van der Waals surface area contributed by atoms with Crippen LogP contribution in [0.15, 0.2) is 60.7 Å². The van der Waals surface area contributed by atoms with Gasteiger partial charge >= 0.3 is 0 Å². The summed E-state index contributed by atoms with van der Waals surface area (Å²) in [7, 11) is 0. The van der Waals surface area contributed by atoms with Gasteiger partial charge in [-0.1, -0.05) is 88.1 Å². The average Bonchev–Trinajstić information content (AvgIpc) is 3.20. The van der Waals surface area contributed by atoms with Crippen LogP contribution in [0.25, 0.3) is 20.9 Å². The molecule has 1 heterocycles. The molecule has 0 aliphatic heterocycles. The van der Waals surface area contributed by atoms with E-state index in [0.717, 1.165) is 0 Å². The number of hydrogen-bond acceptors (Lipinski definition) is 1. The molecule has 1 aromatic heterocycles. The monoisotopic (exact) mass is 376 g/mol. The van der Waals surface area contributed by atoms with Crippen molar-refractivity contribution >= 4 is 11.3 Å². The van der Waals surface area contributed by atoms with E-state index in [9.17, 15) is 0 Å². The molecule has 0 amide bonds. The standard InChI is InChI=1S/C26H32S/c1-3-5-7-9-21-11-15-23(16-12-21)25-19-20-26(27-25)24-17-13-22(14-18-24)10-8-6-4-2/h11-20H,3-10H2,1-2H3. The first-order valence-corrected chi connectivity index (χ1v) is 11.4. The minimum Gasteiger partial charge on any atom is -0.135 e. The zero-order valence-corrected chi connectivity index (χ0v) is 17.7. The van der Waals surface area contributed by atoms with E-state index < -0.39 is 0 Å². The van der Waals surface area contributed by atoms with Crippen LogP contribution in [0.4, 0.5) is 0 Å². The third kappa shape index (κ3) is 5.81. The van der Waals surface area contributed by atoms with Crippen molar-refractivity contribution in [1.82, 2.24) is 0 Å². The van der Waals surface area contributed by atoms with Gasteiger partial charge in [-0.3, -0.25) is 0 Å². The molecule has 0 bridgehead atoms. The highest BCUT2D eigenvalue weighted by Gasteiger charge is 2.06. The number of hydrogen-bond donors (Lipinski definition) is 0. The fourth-order valence-electron chi connectivity index (χ4n) is 3.48. The van der Waals surface area contributed by atoms with Crippen molar-refractivity contribution in [3.63, 3.8) is 0 Å². The van der Waals surface area contributed by atoms with Gasteiger partial charge in [-0.05, 0) is 60.1 Å². The van der Waals surface area contributed by atoms with Gasteiger partial charge in [-0.15, -0.1) is 11.3 Å². The third-order valence-electron chi connectivity index (χ3n) is 5.22. The zero-order chi connectivity index (χ0) is 18.9. The molecule has 0 nitrogen and oxygen atoms in total. The van der Waals surface area contributed by atoms with Gasteiger partial charge in [0.25, 0.3) is 0 Å². The lowest BCUT2D eigenvalue weighted by atomic mass is 10.0. The summed E-state index contributed by atoms with van der Waals surface area (Å²) in [6.45, 7) is 4.52. The van der Waals surface area contributed by atoms with Gasteiger partial charge in [-0.25, -0.2) is 0 Å². The minimum atomic E-state index is 1.20. The third-order valence-corrected chi connectivity index (χ3v) is 6.40. The normalized spacial score (nSPS) is 11.0. The maximum Gasteiger partial charge on any atom is 0.0349 e. The molecule has 0 N–H and O–H groups in total. The molecule has 1 heteroatoms. The van der Waals surface area contributed by atoms with E-state index in [1.807, 2.05) is 11.3 Å². The smallest absolute Gasteiger partial charge is 0.0349 e. The second-order valence-corrected chi connectivity index (χ2v) is 8.56. The quantitative estimate of drug-likeness (QED) is 0.311. The highest BCUT2D eigenvalue weighted by molar-refractivity contribution is 7.18. The van der Waals surface area contributed by atoms with Crippen molar-refractivity contribution in [2.75, 3.05) is 0 Å². The lowest BCUT2D eigenvalue weighted by molar-refractivity contribution is 0.717. The van der Waals surface area contributed by atoms with Crippen LogP contribution >= 0.6 is 11.3 Å². The van der Waals surface area contributed by atoms with Crippen LogP contribution in [0, 0.1) is 0 Å². The lowest BCUT2D eigenvalue weighted by Gasteiger charge is -2.03. The molecule has 0 radical (unpaired) electrons. The summed E-state index contributed by atoms with van der Waals surface area (Å²) in [5.74, 6) is 0. The average molecular weight is 377 g/mol. The second kappa shape index (κ2) is 10.5. The Kier molecular flexibility index (Phi) is 7.71. The number of thiophene rings is 1. The van der Waals surface area contributed by atoms with E-state index in [4.69, 9.17) is 0 Å². The van der Waals surface area contributed by atoms with E-state index in [2.05, 4.69) is 74.5 Å². The summed E-state index contributed by atoms with van der Waals surface area (Å²) < 4.78 is 0. The van der Waals surface area contributed by atoms with Crippen LogP contribution in [0.1, 0.15) is 63.5 Å².